The molecule has 0 saturated carbocycles. The Morgan fingerprint density at radius 2 is 0.755 bits per heavy atom. The summed E-state index contributed by atoms with van der Waals surface area (Å²) in [6.45, 7) is 13.2. The van der Waals surface area contributed by atoms with E-state index in [-0.39, 0.29) is 41.7 Å². The number of aromatic hydroxyl groups is 1. The van der Waals surface area contributed by atoms with Crippen LogP contribution in [0.25, 0.3) is 44.9 Å². The molecule has 6 aromatic heterocycles. The number of unbranched alkanes of at least 4 members (excludes halogenated alkanes) is 3. The fourth-order valence-electron chi connectivity index (χ4n) is 13.5. The fourth-order valence-corrected chi connectivity index (χ4v) is 19.0. The lowest BCUT2D eigenvalue weighted by Gasteiger charge is -2.15. The number of nitrogens with one attached hydrogen (secondary N) is 5. The third-order valence-corrected chi connectivity index (χ3v) is 27.7. The van der Waals surface area contributed by atoms with Crippen molar-refractivity contribution in [1.29, 1.82) is 0 Å². The van der Waals surface area contributed by atoms with Crippen molar-refractivity contribution in [3.63, 3.8) is 0 Å². The van der Waals surface area contributed by atoms with Crippen LogP contribution in [0.15, 0.2) is 309 Å². The van der Waals surface area contributed by atoms with Gasteiger partial charge in [0, 0.05) is 41.8 Å². The van der Waals surface area contributed by atoms with E-state index < -0.39 is 102 Å². The Hall–Kier alpha value is -14.8. The first-order chi connectivity index (χ1) is 68.0. The van der Waals surface area contributed by atoms with Crippen LogP contribution in [0, 0.1) is 5.92 Å². The average molecular weight is 2070 g/mol. The predicted octanol–water partition coefficient (Wildman–Crippen LogP) is 20.3. The Kier molecular flexibility index (Phi) is 35.7. The fraction of sp³-hybridized carbons (Fsp3) is 0.240. The molecule has 0 aliphatic rings. The molecule has 0 saturated heterocycles. The molecule has 752 valence electrons. The van der Waals surface area contributed by atoms with Gasteiger partial charge >= 0.3 is 18.5 Å². The zero-order chi connectivity index (χ0) is 103. The van der Waals surface area contributed by atoms with Crippen LogP contribution in [-0.2, 0) is 106 Å². The predicted molar refractivity (Wildman–Crippen MR) is 518 cm³/mol. The molecule has 6 N–H and O–H groups in total. The lowest BCUT2D eigenvalue weighted by molar-refractivity contribution is -0.137. The first-order valence-electron chi connectivity index (χ1n) is 44.3. The largest absolute Gasteiger partial charge is 0.506 e. The highest BCUT2D eigenvalue weighted by molar-refractivity contribution is 7.94. The number of hydrogen-bond acceptors (Lipinski definition) is 24. The maximum absolute atomic E-state index is 13.2. The van der Waals surface area contributed by atoms with E-state index in [4.69, 9.17) is 9.26 Å². The van der Waals surface area contributed by atoms with E-state index in [1.807, 2.05) is 40.3 Å². The molecule has 16 aromatic rings. The van der Waals surface area contributed by atoms with Crippen LogP contribution in [0.4, 0.5) is 68.0 Å². The second-order valence-corrected chi connectivity index (χ2v) is 40.5. The second kappa shape index (κ2) is 47.6. The van der Waals surface area contributed by atoms with E-state index >= 15 is 0 Å². The summed E-state index contributed by atoms with van der Waals surface area (Å²) in [5.74, 6) is 1.03. The minimum Gasteiger partial charge on any atom is -0.506 e. The van der Waals surface area contributed by atoms with Crippen molar-refractivity contribution in [3.8, 4) is 39.9 Å². The molecule has 0 unspecified atom stereocenters. The zero-order valence-corrected chi connectivity index (χ0v) is 81.4. The van der Waals surface area contributed by atoms with Crippen molar-refractivity contribution < 1.29 is 96.0 Å². The average Bonchev–Trinajstić information content (AvgIpc) is 0.965. The van der Waals surface area contributed by atoms with E-state index in [1.54, 1.807) is 108 Å². The summed E-state index contributed by atoms with van der Waals surface area (Å²) in [6, 6.07) is 56.4. The van der Waals surface area contributed by atoms with Crippen molar-refractivity contribution in [2.45, 2.75) is 162 Å². The Labute approximate surface area is 818 Å². The summed E-state index contributed by atoms with van der Waals surface area (Å²) < 4.78 is 273. The van der Waals surface area contributed by atoms with Gasteiger partial charge in [-0.3, -0.25) is 28.6 Å². The van der Waals surface area contributed by atoms with E-state index in [9.17, 15) is 86.7 Å². The summed E-state index contributed by atoms with van der Waals surface area (Å²) in [5.41, 5.74) is 1.73. The molecule has 0 fully saturated rings. The number of para-hydroxylation sites is 5. The molecule has 143 heavy (non-hydrogen) atoms. The smallest absolute Gasteiger partial charge is 0.418 e. The Morgan fingerprint density at radius 3 is 1.20 bits per heavy atom. The quantitative estimate of drug-likeness (QED) is 0.0159. The molecular weight excluding hydrogens is 1970 g/mol. The molecule has 0 spiro atoms. The first-order valence-corrected chi connectivity index (χ1v) is 51.8. The number of aromatic nitrogens is 15. The maximum atomic E-state index is 13.2. The number of ether oxygens (including phenoxy) is 1. The van der Waals surface area contributed by atoms with Crippen LogP contribution in [0.2, 0.25) is 0 Å². The molecule has 6 heterocycles. The highest BCUT2D eigenvalue weighted by Crippen LogP contribution is 2.40. The number of fused-ring (bicyclic) bond motifs is 1. The molecular formula is C96H97F9N20O13S5. The highest BCUT2D eigenvalue weighted by Gasteiger charge is 2.38. The van der Waals surface area contributed by atoms with Crippen molar-refractivity contribution >= 4 is 89.3 Å². The summed E-state index contributed by atoms with van der Waals surface area (Å²) in [7, 11) is -20.3. The van der Waals surface area contributed by atoms with Crippen LogP contribution in [0.5, 0.6) is 5.75 Å². The van der Waals surface area contributed by atoms with Crippen molar-refractivity contribution in [3.05, 3.63) is 325 Å². The number of aryl methyl sites for hydroxylation is 4. The van der Waals surface area contributed by atoms with Crippen molar-refractivity contribution in [1.82, 2.24) is 75.1 Å². The normalized spacial score (nSPS) is 11.9. The van der Waals surface area contributed by atoms with Gasteiger partial charge in [0.15, 0.2) is 0 Å². The standard InChI is InChI=1S/C20H21F3N4O2S.C20H19N5O3S.C19H19F3N4O2S.C19H18F3N3O3S.C18H20N4O3S/c1-14(2)10-11-15-13-27(26-24-15)16-6-5-7-17(12-16)30(28,29)25-19-9-4-3-8-18(19)20(21,22)23;1-2-28-14-16-13-25(24-22-16)17-6-4-7-18(11-17)29(26,27)23-20-8-3-5-15-12-21-10-9-19(15)20;1-2-3-6-14-13-26(25-23-14)15-9-11-16(12-10-15)29(27,28)24-18-8-5-4-7-17(18)19(20,21)22;1-2-3-11-17-23-18(24-28-17)13-7-6-8-14(12-13)29(26,27)25-16-10-5-4-9-15(16)19(20,21)22;1-2-3-6-14-13-22(21-19-14)15-9-11-16(12-10-15)26(24,25)20-17-7-4-5-8-18(17)23/h3-9,12-14,25H,10-11H2,1-2H3;3-13,23H,2,14H2,1H3;4-5,7-13,24H,2-3,6H2,1H3;4-10,12,25H,2-3,11H2,1H3;4-5,7-13,20,23H,2-3,6H2,1H3. The Morgan fingerprint density at radius 1 is 0.385 bits per heavy atom. The molecule has 0 atom stereocenters. The number of phenols is 1. The molecule has 0 aliphatic carbocycles. The summed E-state index contributed by atoms with van der Waals surface area (Å²) in [6.07, 6.45) is 6.24. The molecule has 16 rings (SSSR count). The van der Waals surface area contributed by atoms with Crippen LogP contribution < -0.4 is 23.6 Å². The molecule has 47 heteroatoms. The van der Waals surface area contributed by atoms with Crippen LogP contribution in [0.1, 0.15) is 132 Å². The lowest BCUT2D eigenvalue weighted by Crippen LogP contribution is -2.17. The molecule has 10 aromatic carbocycles. The number of phenolic OH excluding ortho intramolecular Hbond substituents is 1. The third kappa shape index (κ3) is 29.7. The number of nitrogens with zero attached hydrogens (tertiary/aromatic N) is 15. The van der Waals surface area contributed by atoms with E-state index in [1.165, 1.54) is 141 Å². The van der Waals surface area contributed by atoms with E-state index in [0.29, 0.717) is 65.5 Å². The molecule has 0 aliphatic heterocycles. The Balaban J connectivity index is 0.000000160. The second-order valence-electron chi connectivity index (χ2n) is 32.1. The van der Waals surface area contributed by atoms with E-state index in [0.717, 1.165) is 134 Å². The van der Waals surface area contributed by atoms with Gasteiger partial charge < -0.3 is 14.4 Å². The molecule has 0 bridgehead atoms. The van der Waals surface area contributed by atoms with E-state index in [2.05, 4.69) is 93.5 Å². The summed E-state index contributed by atoms with van der Waals surface area (Å²) >= 11 is 0. The number of halogens is 9. The summed E-state index contributed by atoms with van der Waals surface area (Å²) in [5, 5.41) is 47.7. The van der Waals surface area contributed by atoms with Gasteiger partial charge in [0.2, 0.25) is 11.7 Å². The third-order valence-electron chi connectivity index (χ3n) is 20.9. The van der Waals surface area contributed by atoms with Crippen LogP contribution in [-0.4, -0.2) is 129 Å². The number of anilines is 5. The number of benzene rings is 10. The number of alkyl halides is 9. The summed E-state index contributed by atoms with van der Waals surface area (Å²) in [4.78, 5) is 7.96. The number of rotatable bonds is 35. The minimum absolute atomic E-state index is 0.0934. The van der Waals surface area contributed by atoms with Crippen molar-refractivity contribution in [2.24, 2.45) is 5.92 Å². The van der Waals surface area contributed by atoms with Gasteiger partial charge in [-0.05, 0) is 216 Å². The van der Waals surface area contributed by atoms with Gasteiger partial charge in [-0.25, -0.2) is 60.8 Å². The van der Waals surface area contributed by atoms with Crippen molar-refractivity contribution in [2.75, 3.05) is 30.2 Å². The highest BCUT2D eigenvalue weighted by atomic mass is 32.2. The number of pyridine rings is 1. The molecule has 0 radical (unpaired) electrons. The molecule has 33 nitrogen and oxygen atoms in total. The zero-order valence-electron chi connectivity index (χ0n) is 77.3. The van der Waals surface area contributed by atoms with Gasteiger partial charge in [0.05, 0.1) is 141 Å². The number of hydrogen-bond donors (Lipinski definition) is 6. The minimum atomic E-state index is -4.69. The SMILES string of the molecule is CC(C)CCc1cn(-c2cccc(S(=O)(=O)Nc3ccccc3C(F)(F)F)c2)nn1.CCCCc1cn(-c2ccc(S(=O)(=O)Nc3ccccc3C(F)(F)F)cc2)nn1.CCCCc1cn(-c2ccc(S(=O)(=O)Nc3ccccc3O)cc2)nn1.CCCCc1nc(-c2cccc(S(=O)(=O)Nc3ccccc3C(F)(F)F)c2)no1.CCOCc1cn(-c2cccc(S(=O)(=O)Nc3cccc4cnccc34)c2)nn1. The maximum Gasteiger partial charge on any atom is 0.418 e. The van der Waals surface area contributed by atoms with Crippen LogP contribution in [0.3, 0.4) is 0 Å². The topological polar surface area (TPSA) is 435 Å². The monoisotopic (exact) mass is 2070 g/mol. The van der Waals surface area contributed by atoms with Gasteiger partial charge in [-0.2, -0.15) is 44.5 Å². The number of sulfonamides is 5. The first kappa shape index (κ1) is 107. The van der Waals surface area contributed by atoms with Gasteiger partial charge in [-0.15, -0.1) is 20.4 Å². The van der Waals surface area contributed by atoms with Gasteiger partial charge in [0.25, 0.3) is 50.1 Å². The van der Waals surface area contributed by atoms with Gasteiger partial charge in [-0.1, -0.05) is 165 Å². The lowest BCUT2D eigenvalue weighted by atomic mass is 10.1. The molecule has 0 amide bonds. The Bertz CT molecular complexity index is 7600. The van der Waals surface area contributed by atoms with Crippen LogP contribution >= 0.6 is 0 Å². The van der Waals surface area contributed by atoms with Gasteiger partial charge in [0.1, 0.15) is 11.4 Å².